The molecular weight excluding hydrogens is 324 g/mol. The second kappa shape index (κ2) is 7.61. The molecule has 2 amide bonds. The van der Waals surface area contributed by atoms with Crippen molar-refractivity contribution in [1.82, 2.24) is 9.88 Å². The molecule has 2 rings (SSSR count). The molecule has 1 unspecified atom stereocenters. The number of carbonyl (C=O) groups is 2. The van der Waals surface area contributed by atoms with Gasteiger partial charge in [-0.15, -0.1) is 0 Å². The maximum atomic E-state index is 12.4. The fourth-order valence-corrected chi connectivity index (χ4v) is 2.25. The highest BCUT2D eigenvalue weighted by Crippen LogP contribution is 2.19. The van der Waals surface area contributed by atoms with Crippen LogP contribution >= 0.6 is 0 Å². The van der Waals surface area contributed by atoms with E-state index in [1.807, 2.05) is 13.8 Å². The van der Waals surface area contributed by atoms with E-state index in [9.17, 15) is 19.7 Å². The van der Waals surface area contributed by atoms with Gasteiger partial charge in [-0.05, 0) is 25.5 Å². The first-order valence-electron chi connectivity index (χ1n) is 7.85. The van der Waals surface area contributed by atoms with Crippen LogP contribution in [-0.2, 0) is 7.05 Å². The number of carbonyl (C=O) groups excluding carboxylic acids is 2. The second-order valence-corrected chi connectivity index (χ2v) is 5.73. The van der Waals surface area contributed by atoms with Gasteiger partial charge in [0.25, 0.3) is 17.5 Å². The topological polar surface area (TPSA) is 106 Å². The van der Waals surface area contributed by atoms with Gasteiger partial charge in [0.2, 0.25) is 0 Å². The van der Waals surface area contributed by atoms with Gasteiger partial charge >= 0.3 is 0 Å². The van der Waals surface area contributed by atoms with Crippen molar-refractivity contribution in [3.63, 3.8) is 0 Å². The number of benzene rings is 1. The lowest BCUT2D eigenvalue weighted by atomic mass is 10.1. The van der Waals surface area contributed by atoms with E-state index in [-0.39, 0.29) is 23.3 Å². The number of amides is 2. The summed E-state index contributed by atoms with van der Waals surface area (Å²) in [7, 11) is 1.55. The molecule has 0 aliphatic carbocycles. The molecule has 0 radical (unpaired) electrons. The Bertz CT molecular complexity index is 813. The Morgan fingerprint density at radius 3 is 2.56 bits per heavy atom. The number of aromatic nitrogens is 1. The summed E-state index contributed by atoms with van der Waals surface area (Å²) >= 11 is 0. The van der Waals surface area contributed by atoms with Crippen molar-refractivity contribution in [3.8, 4) is 0 Å². The minimum absolute atomic E-state index is 0.00628. The number of anilines is 1. The first-order chi connectivity index (χ1) is 11.8. The van der Waals surface area contributed by atoms with Crippen LogP contribution in [0.1, 0.15) is 41.1 Å². The van der Waals surface area contributed by atoms with Gasteiger partial charge < -0.3 is 15.2 Å². The first-order valence-corrected chi connectivity index (χ1v) is 7.85. The third-order valence-electron chi connectivity index (χ3n) is 3.84. The van der Waals surface area contributed by atoms with E-state index in [2.05, 4.69) is 10.6 Å². The molecule has 8 heteroatoms. The van der Waals surface area contributed by atoms with Crippen molar-refractivity contribution in [2.24, 2.45) is 7.05 Å². The van der Waals surface area contributed by atoms with E-state index in [4.69, 9.17) is 0 Å². The van der Waals surface area contributed by atoms with Crippen molar-refractivity contribution < 1.29 is 14.5 Å². The summed E-state index contributed by atoms with van der Waals surface area (Å²) in [6.07, 6.45) is 2.05. The Kier molecular flexibility index (Phi) is 5.53. The maximum absolute atomic E-state index is 12.4. The summed E-state index contributed by atoms with van der Waals surface area (Å²) in [6, 6.07) is 7.82. The first kappa shape index (κ1) is 18.2. The molecule has 0 saturated carbocycles. The Hall–Kier alpha value is -3.16. The molecule has 0 aliphatic rings. The van der Waals surface area contributed by atoms with E-state index < -0.39 is 10.8 Å². The van der Waals surface area contributed by atoms with Crippen LogP contribution in [0.25, 0.3) is 0 Å². The monoisotopic (exact) mass is 344 g/mol. The summed E-state index contributed by atoms with van der Waals surface area (Å²) in [5.74, 6) is -0.817. The van der Waals surface area contributed by atoms with Crippen molar-refractivity contribution in [2.45, 2.75) is 26.3 Å². The molecule has 0 fully saturated rings. The minimum Gasteiger partial charge on any atom is -0.350 e. The smallest absolute Gasteiger partial charge is 0.287 e. The number of para-hydroxylation sites is 1. The van der Waals surface area contributed by atoms with E-state index in [1.165, 1.54) is 16.8 Å². The predicted molar refractivity (Wildman–Crippen MR) is 93.7 cm³/mol. The molecule has 1 aromatic heterocycles. The maximum Gasteiger partial charge on any atom is 0.287 e. The van der Waals surface area contributed by atoms with Gasteiger partial charge in [0.15, 0.2) is 0 Å². The Balaban J connectivity index is 2.24. The zero-order valence-corrected chi connectivity index (χ0v) is 14.3. The molecule has 132 valence electrons. The summed E-state index contributed by atoms with van der Waals surface area (Å²) in [4.78, 5) is 35.1. The summed E-state index contributed by atoms with van der Waals surface area (Å²) in [5, 5.41) is 16.3. The fraction of sp³-hybridized carbons (Fsp3) is 0.294. The van der Waals surface area contributed by atoms with Gasteiger partial charge in [-0.2, -0.15) is 0 Å². The minimum atomic E-state index is -0.565. The normalized spacial score (nSPS) is 11.6. The highest BCUT2D eigenvalue weighted by molar-refractivity contribution is 6.08. The second-order valence-electron chi connectivity index (χ2n) is 5.73. The highest BCUT2D eigenvalue weighted by Gasteiger charge is 2.20. The van der Waals surface area contributed by atoms with E-state index >= 15 is 0 Å². The van der Waals surface area contributed by atoms with Crippen LogP contribution in [0, 0.1) is 10.1 Å². The average Bonchev–Trinajstić information content (AvgIpc) is 2.97. The number of aryl methyl sites for hydroxylation is 1. The lowest BCUT2D eigenvalue weighted by Gasteiger charge is -2.14. The molecule has 0 saturated heterocycles. The Morgan fingerprint density at radius 2 is 1.96 bits per heavy atom. The Morgan fingerprint density at radius 1 is 1.28 bits per heavy atom. The number of hydrogen-bond donors (Lipinski definition) is 2. The van der Waals surface area contributed by atoms with Crippen molar-refractivity contribution in [1.29, 1.82) is 0 Å². The van der Waals surface area contributed by atoms with Gasteiger partial charge in [0.1, 0.15) is 5.69 Å². The van der Waals surface area contributed by atoms with Crippen LogP contribution in [-0.4, -0.2) is 27.3 Å². The molecule has 0 bridgehead atoms. The van der Waals surface area contributed by atoms with E-state index in [1.54, 1.807) is 31.3 Å². The molecule has 0 aliphatic heterocycles. The molecule has 1 atom stereocenters. The van der Waals surface area contributed by atoms with Gasteiger partial charge in [-0.25, -0.2) is 0 Å². The molecule has 8 nitrogen and oxygen atoms in total. The van der Waals surface area contributed by atoms with Crippen molar-refractivity contribution in [3.05, 3.63) is 57.9 Å². The quantitative estimate of drug-likeness (QED) is 0.620. The number of nitrogens with one attached hydrogen (secondary N) is 2. The van der Waals surface area contributed by atoms with Gasteiger partial charge in [-0.1, -0.05) is 19.1 Å². The van der Waals surface area contributed by atoms with E-state index in [0.717, 1.165) is 6.42 Å². The molecule has 25 heavy (non-hydrogen) atoms. The largest absolute Gasteiger partial charge is 0.350 e. The summed E-state index contributed by atoms with van der Waals surface area (Å²) in [5.41, 5.74) is 0.635. The van der Waals surface area contributed by atoms with Crippen LogP contribution in [0.2, 0.25) is 0 Å². The van der Waals surface area contributed by atoms with Gasteiger partial charge in [0, 0.05) is 19.2 Å². The lowest BCUT2D eigenvalue weighted by Crippen LogP contribution is -2.32. The number of hydrogen-bond acceptors (Lipinski definition) is 4. The lowest BCUT2D eigenvalue weighted by molar-refractivity contribution is -0.384. The molecular formula is C17H20N4O4. The fourth-order valence-electron chi connectivity index (χ4n) is 2.25. The summed E-state index contributed by atoms with van der Waals surface area (Å²) < 4.78 is 1.37. The molecule has 2 N–H and O–H groups in total. The zero-order chi connectivity index (χ0) is 18.6. The van der Waals surface area contributed by atoms with E-state index in [0.29, 0.717) is 11.3 Å². The van der Waals surface area contributed by atoms with Crippen LogP contribution in [0.15, 0.2) is 36.5 Å². The zero-order valence-electron chi connectivity index (χ0n) is 14.3. The van der Waals surface area contributed by atoms with Crippen LogP contribution in [0.4, 0.5) is 11.4 Å². The SMILES string of the molecule is CCC(C)NC(=O)c1ccccc1NC(=O)c1cc([N+](=O)[O-])cn1C. The van der Waals surface area contributed by atoms with Crippen LogP contribution < -0.4 is 10.6 Å². The van der Waals surface area contributed by atoms with Crippen molar-refractivity contribution in [2.75, 3.05) is 5.32 Å². The summed E-state index contributed by atoms with van der Waals surface area (Å²) in [6.45, 7) is 3.85. The van der Waals surface area contributed by atoms with Gasteiger partial charge in [-0.3, -0.25) is 19.7 Å². The average molecular weight is 344 g/mol. The third kappa shape index (κ3) is 4.23. The standard InChI is InChI=1S/C17H20N4O4/c1-4-11(2)18-16(22)13-7-5-6-8-14(13)19-17(23)15-9-12(21(24)25)10-20(15)3/h5-11H,4H2,1-3H3,(H,18,22)(H,19,23). The van der Waals surface area contributed by atoms with Crippen molar-refractivity contribution >= 4 is 23.2 Å². The van der Waals surface area contributed by atoms with Gasteiger partial charge in [0.05, 0.1) is 22.4 Å². The number of nitro groups is 1. The predicted octanol–water partition coefficient (Wildman–Crippen LogP) is 2.71. The number of nitrogens with zero attached hydrogens (tertiary/aromatic N) is 2. The molecule has 0 spiro atoms. The highest BCUT2D eigenvalue weighted by atomic mass is 16.6. The molecule has 2 aromatic rings. The molecule has 1 aromatic carbocycles. The molecule has 1 heterocycles. The Labute approximate surface area is 145 Å². The van der Waals surface area contributed by atoms with Crippen LogP contribution in [0.5, 0.6) is 0 Å². The number of rotatable bonds is 6. The van der Waals surface area contributed by atoms with Crippen LogP contribution in [0.3, 0.4) is 0 Å². The third-order valence-corrected chi connectivity index (χ3v) is 3.84.